The van der Waals surface area contributed by atoms with Gasteiger partial charge in [0.2, 0.25) is 0 Å². The first-order valence-corrected chi connectivity index (χ1v) is 8.56. The summed E-state index contributed by atoms with van der Waals surface area (Å²) in [6, 6.07) is 0. The fourth-order valence-electron chi connectivity index (χ4n) is 3.61. The number of thioether (sulfide) groups is 1. The number of hydrogen-bond donors (Lipinski definition) is 2. The van der Waals surface area contributed by atoms with Crippen LogP contribution in [-0.4, -0.2) is 51.1 Å². The molecule has 3 rings (SSSR count). The second-order valence-corrected chi connectivity index (χ2v) is 7.02. The van der Waals surface area contributed by atoms with Gasteiger partial charge in [0.25, 0.3) is 0 Å². The zero-order valence-corrected chi connectivity index (χ0v) is 15.1. The molecule has 0 radical (unpaired) electrons. The van der Waals surface area contributed by atoms with Gasteiger partial charge in [-0.15, -0.1) is 22.6 Å². The van der Waals surface area contributed by atoms with Crippen molar-refractivity contribution in [3.8, 4) is 0 Å². The van der Waals surface area contributed by atoms with Crippen molar-refractivity contribution in [3.05, 3.63) is 6.33 Å². The van der Waals surface area contributed by atoms with Crippen LogP contribution in [0.15, 0.2) is 11.5 Å². The fourth-order valence-corrected chi connectivity index (χ4v) is 4.97. The molecular weight excluding hydrogens is 356 g/mol. The molecule has 1 aromatic heterocycles. The maximum absolute atomic E-state index is 12.3. The van der Waals surface area contributed by atoms with Crippen molar-refractivity contribution in [2.75, 3.05) is 13.2 Å². The molecule has 0 bridgehead atoms. The number of halogens is 1. The maximum atomic E-state index is 12.3. The van der Waals surface area contributed by atoms with Crippen LogP contribution in [-0.2, 0) is 19.1 Å². The molecule has 0 saturated heterocycles. The van der Waals surface area contributed by atoms with E-state index in [-0.39, 0.29) is 48.0 Å². The molecule has 0 amide bonds. The minimum absolute atomic E-state index is 0. The highest BCUT2D eigenvalue weighted by molar-refractivity contribution is 7.99. The van der Waals surface area contributed by atoms with E-state index in [9.17, 15) is 9.59 Å². The van der Waals surface area contributed by atoms with Gasteiger partial charge in [-0.1, -0.05) is 11.8 Å². The average Bonchev–Trinajstić information content (AvgIpc) is 2.94. The lowest BCUT2D eigenvalue weighted by molar-refractivity contribution is -0.151. The number of esters is 2. The summed E-state index contributed by atoms with van der Waals surface area (Å²) in [7, 11) is 0. The standard InChI is InChI=1S/C14H20N4O4S.ClH/c1-3-21-11(19)9-8-7(23-13-16-6-17-18-13)5-14(15,10(8)9)12(20)22-4-2;/h6-10H,3-5,15H2,1-2H3,(H,16,17,18);1H/t7-,8-,9-,10-,14-;/m0./s1. The van der Waals surface area contributed by atoms with E-state index in [1.54, 1.807) is 13.8 Å². The summed E-state index contributed by atoms with van der Waals surface area (Å²) in [5.41, 5.74) is 5.23. The molecule has 1 aromatic rings. The highest BCUT2D eigenvalue weighted by Gasteiger charge is 2.74. The van der Waals surface area contributed by atoms with Crippen molar-refractivity contribution in [3.63, 3.8) is 0 Å². The van der Waals surface area contributed by atoms with Gasteiger partial charge in [-0.2, -0.15) is 0 Å². The van der Waals surface area contributed by atoms with E-state index >= 15 is 0 Å². The van der Waals surface area contributed by atoms with Gasteiger partial charge >= 0.3 is 11.9 Å². The molecule has 8 nitrogen and oxygen atoms in total. The summed E-state index contributed by atoms with van der Waals surface area (Å²) in [5.74, 6) is -1.31. The van der Waals surface area contributed by atoms with Crippen LogP contribution in [0.25, 0.3) is 0 Å². The van der Waals surface area contributed by atoms with Crippen LogP contribution in [0.1, 0.15) is 20.3 Å². The van der Waals surface area contributed by atoms with Crippen LogP contribution in [0.3, 0.4) is 0 Å². The van der Waals surface area contributed by atoms with Crippen LogP contribution in [0.5, 0.6) is 0 Å². The van der Waals surface area contributed by atoms with E-state index in [2.05, 4.69) is 15.2 Å². The SMILES string of the molecule is CCOC(=O)[C@H]1[C@H]2[C@@H]1[C@](N)(C(=O)OCC)C[C@@H]2Sc1nnc[nH]1.Cl. The molecule has 1 heterocycles. The predicted molar refractivity (Wildman–Crippen MR) is 88.5 cm³/mol. The lowest BCUT2D eigenvalue weighted by atomic mass is 9.91. The number of nitrogens with zero attached hydrogens (tertiary/aromatic N) is 2. The smallest absolute Gasteiger partial charge is 0.326 e. The Bertz CT molecular complexity index is 602. The van der Waals surface area contributed by atoms with Crippen molar-refractivity contribution in [1.29, 1.82) is 0 Å². The van der Waals surface area contributed by atoms with Gasteiger partial charge in [0, 0.05) is 11.2 Å². The van der Waals surface area contributed by atoms with E-state index in [4.69, 9.17) is 15.2 Å². The van der Waals surface area contributed by atoms with E-state index in [0.29, 0.717) is 18.2 Å². The molecule has 0 unspecified atom stereocenters. The second kappa shape index (κ2) is 7.28. The Morgan fingerprint density at radius 3 is 2.71 bits per heavy atom. The van der Waals surface area contributed by atoms with Crippen LogP contribution in [0.2, 0.25) is 0 Å². The van der Waals surface area contributed by atoms with Gasteiger partial charge in [-0.05, 0) is 26.2 Å². The van der Waals surface area contributed by atoms with Crippen molar-refractivity contribution in [1.82, 2.24) is 15.2 Å². The molecule has 2 aliphatic carbocycles. The van der Waals surface area contributed by atoms with Gasteiger partial charge < -0.3 is 20.2 Å². The van der Waals surface area contributed by atoms with Gasteiger partial charge in [-0.25, -0.2) is 0 Å². The summed E-state index contributed by atoms with van der Waals surface area (Å²) >= 11 is 1.46. The highest BCUT2D eigenvalue weighted by Crippen LogP contribution is 2.65. The first-order valence-electron chi connectivity index (χ1n) is 7.68. The van der Waals surface area contributed by atoms with Crippen molar-refractivity contribution in [2.24, 2.45) is 23.5 Å². The quantitative estimate of drug-likeness (QED) is 0.698. The average molecular weight is 377 g/mol. The first kappa shape index (κ1) is 19.0. The van der Waals surface area contributed by atoms with Crippen molar-refractivity contribution < 1.29 is 19.1 Å². The summed E-state index contributed by atoms with van der Waals surface area (Å²) in [6.45, 7) is 4.08. The number of carbonyl (C=O) groups is 2. The summed E-state index contributed by atoms with van der Waals surface area (Å²) < 4.78 is 10.3. The fraction of sp³-hybridized carbons (Fsp3) is 0.714. The van der Waals surface area contributed by atoms with Crippen molar-refractivity contribution >= 4 is 36.1 Å². The maximum Gasteiger partial charge on any atom is 0.326 e. The largest absolute Gasteiger partial charge is 0.466 e. The molecule has 0 aliphatic heterocycles. The third-order valence-corrected chi connectivity index (χ3v) is 5.72. The van der Waals surface area contributed by atoms with Crippen molar-refractivity contribution in [2.45, 2.75) is 36.2 Å². The number of aromatic nitrogens is 3. The molecular formula is C14H21ClN4O4S. The van der Waals surface area contributed by atoms with E-state index < -0.39 is 11.5 Å². The summed E-state index contributed by atoms with van der Waals surface area (Å²) in [5, 5.41) is 8.34. The van der Waals surface area contributed by atoms with Crippen LogP contribution < -0.4 is 5.73 Å². The lowest BCUT2D eigenvalue weighted by Gasteiger charge is -2.26. The molecule has 10 heteroatoms. The van der Waals surface area contributed by atoms with Crippen LogP contribution in [0.4, 0.5) is 0 Å². The number of H-pyrrole nitrogens is 1. The third-order valence-electron chi connectivity index (χ3n) is 4.51. The number of ether oxygens (including phenoxy) is 2. The topological polar surface area (TPSA) is 120 Å². The van der Waals surface area contributed by atoms with E-state index in [0.717, 1.165) is 0 Å². The number of aromatic amines is 1. The molecule has 24 heavy (non-hydrogen) atoms. The first-order chi connectivity index (χ1) is 11.0. The van der Waals surface area contributed by atoms with E-state index in [1.807, 2.05) is 0 Å². The number of rotatable bonds is 6. The second-order valence-electron chi connectivity index (χ2n) is 5.80. The van der Waals surface area contributed by atoms with Crippen LogP contribution >= 0.6 is 24.2 Å². The molecule has 3 N–H and O–H groups in total. The van der Waals surface area contributed by atoms with Crippen LogP contribution in [0, 0.1) is 17.8 Å². The van der Waals surface area contributed by atoms with E-state index in [1.165, 1.54) is 18.1 Å². The molecule has 2 saturated carbocycles. The predicted octanol–water partition coefficient (Wildman–Crippen LogP) is 0.777. The molecule has 5 atom stereocenters. The zero-order chi connectivity index (χ0) is 16.6. The Morgan fingerprint density at radius 2 is 2.12 bits per heavy atom. The summed E-state index contributed by atoms with van der Waals surface area (Å²) in [6.07, 6.45) is 1.94. The normalized spacial score (nSPS) is 33.3. The summed E-state index contributed by atoms with van der Waals surface area (Å²) in [4.78, 5) is 27.4. The molecule has 2 fully saturated rings. The minimum atomic E-state index is -1.14. The minimum Gasteiger partial charge on any atom is -0.466 e. The number of fused-ring (bicyclic) bond motifs is 1. The molecule has 0 aromatic carbocycles. The van der Waals surface area contributed by atoms with Gasteiger partial charge in [-0.3, -0.25) is 9.59 Å². The molecule has 0 spiro atoms. The number of hydrogen-bond acceptors (Lipinski definition) is 8. The number of nitrogens with one attached hydrogen (secondary N) is 1. The highest BCUT2D eigenvalue weighted by atomic mass is 35.5. The Labute approximate surface area is 150 Å². The Balaban J connectivity index is 0.00000208. The Hall–Kier alpha value is -1.32. The zero-order valence-electron chi connectivity index (χ0n) is 13.4. The lowest BCUT2D eigenvalue weighted by Crippen LogP contribution is -2.51. The third kappa shape index (κ3) is 3.12. The monoisotopic (exact) mass is 376 g/mol. The molecule has 2 aliphatic rings. The van der Waals surface area contributed by atoms with Gasteiger partial charge in [0.15, 0.2) is 5.16 Å². The number of nitrogens with two attached hydrogens (primary N) is 1. The Morgan fingerprint density at radius 1 is 1.42 bits per heavy atom. The Kier molecular flexibility index (Phi) is 5.77. The van der Waals surface area contributed by atoms with Gasteiger partial charge in [0.1, 0.15) is 11.9 Å². The van der Waals surface area contributed by atoms with Gasteiger partial charge in [0.05, 0.1) is 19.1 Å². The molecule has 134 valence electrons. The number of carbonyl (C=O) groups excluding carboxylic acids is 2.